The minimum atomic E-state index is 0.335. The second-order valence-corrected chi connectivity index (χ2v) is 9.28. The molecule has 3 heteroatoms. The molecule has 3 rings (SSSR count). The van der Waals surface area contributed by atoms with Crippen LogP contribution in [0.15, 0.2) is 0 Å². The SMILES string of the molecule is CC(C)CC(CN1CCCC1CO)NC1CCC2CCCCC2C1. The van der Waals surface area contributed by atoms with E-state index in [0.717, 1.165) is 30.3 Å². The van der Waals surface area contributed by atoms with Gasteiger partial charge >= 0.3 is 0 Å². The smallest absolute Gasteiger partial charge is 0.0586 e. The third-order valence-corrected chi connectivity index (χ3v) is 6.93. The van der Waals surface area contributed by atoms with Crippen molar-refractivity contribution in [1.29, 1.82) is 0 Å². The number of rotatable bonds is 7. The number of aliphatic hydroxyl groups is 1. The lowest BCUT2D eigenvalue weighted by atomic mass is 9.69. The summed E-state index contributed by atoms with van der Waals surface area (Å²) in [5.74, 6) is 2.78. The van der Waals surface area contributed by atoms with Gasteiger partial charge in [0.05, 0.1) is 6.61 Å². The molecule has 24 heavy (non-hydrogen) atoms. The molecule has 3 nitrogen and oxygen atoms in total. The zero-order valence-corrected chi connectivity index (χ0v) is 16.1. The van der Waals surface area contributed by atoms with E-state index in [2.05, 4.69) is 24.1 Å². The van der Waals surface area contributed by atoms with Crippen LogP contribution in [0.4, 0.5) is 0 Å². The van der Waals surface area contributed by atoms with E-state index in [0.29, 0.717) is 18.7 Å². The highest BCUT2D eigenvalue weighted by molar-refractivity contribution is 4.90. The molecule has 0 spiro atoms. The molecule has 140 valence electrons. The molecule has 5 atom stereocenters. The summed E-state index contributed by atoms with van der Waals surface area (Å²) in [5, 5.41) is 13.7. The van der Waals surface area contributed by atoms with Crippen LogP contribution in [0.25, 0.3) is 0 Å². The largest absolute Gasteiger partial charge is 0.395 e. The van der Waals surface area contributed by atoms with Gasteiger partial charge < -0.3 is 10.4 Å². The summed E-state index contributed by atoms with van der Waals surface area (Å²) in [6.07, 6.45) is 13.9. The standard InChI is InChI=1S/C21H40N2O/c1-16(2)12-20(14-23-11-5-8-21(23)15-24)22-19-10-9-17-6-3-4-7-18(17)13-19/h16-22,24H,3-15H2,1-2H3. The lowest BCUT2D eigenvalue weighted by Crippen LogP contribution is -2.50. The fourth-order valence-electron chi connectivity index (χ4n) is 5.75. The van der Waals surface area contributed by atoms with Crippen LogP contribution < -0.4 is 5.32 Å². The van der Waals surface area contributed by atoms with Crippen molar-refractivity contribution >= 4 is 0 Å². The average Bonchev–Trinajstić information content (AvgIpc) is 3.01. The van der Waals surface area contributed by atoms with Gasteiger partial charge in [0, 0.05) is 24.7 Å². The van der Waals surface area contributed by atoms with E-state index in [1.165, 1.54) is 70.8 Å². The molecule has 1 saturated heterocycles. The topological polar surface area (TPSA) is 35.5 Å². The molecule has 1 aliphatic heterocycles. The number of nitrogens with one attached hydrogen (secondary N) is 1. The molecule has 3 fully saturated rings. The van der Waals surface area contributed by atoms with E-state index in [4.69, 9.17) is 0 Å². The number of nitrogens with zero attached hydrogens (tertiary/aromatic N) is 1. The monoisotopic (exact) mass is 336 g/mol. The summed E-state index contributed by atoms with van der Waals surface area (Å²) in [5.41, 5.74) is 0. The zero-order chi connectivity index (χ0) is 16.9. The summed E-state index contributed by atoms with van der Waals surface area (Å²) >= 11 is 0. The van der Waals surface area contributed by atoms with Gasteiger partial charge in [-0.2, -0.15) is 0 Å². The number of hydrogen-bond acceptors (Lipinski definition) is 3. The molecule has 0 amide bonds. The maximum absolute atomic E-state index is 9.62. The lowest BCUT2D eigenvalue weighted by molar-refractivity contribution is 0.116. The summed E-state index contributed by atoms with van der Waals surface area (Å²) in [6.45, 7) is 7.34. The van der Waals surface area contributed by atoms with Crippen molar-refractivity contribution < 1.29 is 5.11 Å². The van der Waals surface area contributed by atoms with Crippen molar-refractivity contribution in [2.75, 3.05) is 19.7 Å². The van der Waals surface area contributed by atoms with Crippen LogP contribution in [-0.4, -0.2) is 47.8 Å². The molecule has 0 aromatic rings. The summed E-state index contributed by atoms with van der Waals surface area (Å²) in [6, 6.07) is 1.75. The Hall–Kier alpha value is -0.120. The van der Waals surface area contributed by atoms with Gasteiger partial charge in [-0.05, 0) is 62.8 Å². The van der Waals surface area contributed by atoms with Gasteiger partial charge in [0.25, 0.3) is 0 Å². The predicted octanol–water partition coefficient (Wildman–Crippen LogP) is 3.81. The molecule has 0 radical (unpaired) electrons. The normalized spacial score (nSPS) is 36.0. The summed E-state index contributed by atoms with van der Waals surface area (Å²) < 4.78 is 0. The third kappa shape index (κ3) is 4.95. The Labute approximate surface area is 149 Å². The van der Waals surface area contributed by atoms with Crippen molar-refractivity contribution in [3.8, 4) is 0 Å². The van der Waals surface area contributed by atoms with Gasteiger partial charge in [-0.3, -0.25) is 4.90 Å². The van der Waals surface area contributed by atoms with Gasteiger partial charge in [-0.1, -0.05) is 39.5 Å². The zero-order valence-electron chi connectivity index (χ0n) is 16.1. The maximum atomic E-state index is 9.62. The highest BCUT2D eigenvalue weighted by Gasteiger charge is 2.34. The Morgan fingerprint density at radius 3 is 2.54 bits per heavy atom. The van der Waals surface area contributed by atoms with E-state index in [9.17, 15) is 5.11 Å². The fraction of sp³-hybridized carbons (Fsp3) is 1.00. The van der Waals surface area contributed by atoms with Crippen LogP contribution in [0.2, 0.25) is 0 Å². The quantitative estimate of drug-likeness (QED) is 0.742. The highest BCUT2D eigenvalue weighted by Crippen LogP contribution is 2.40. The molecule has 2 aliphatic carbocycles. The minimum absolute atomic E-state index is 0.335. The number of likely N-dealkylation sites (tertiary alicyclic amines) is 1. The van der Waals surface area contributed by atoms with Crippen LogP contribution in [0, 0.1) is 17.8 Å². The molecule has 1 heterocycles. The Morgan fingerprint density at radius 1 is 1.00 bits per heavy atom. The first-order chi connectivity index (χ1) is 11.7. The molecule has 0 bridgehead atoms. The van der Waals surface area contributed by atoms with E-state index in [1.807, 2.05) is 0 Å². The van der Waals surface area contributed by atoms with Crippen LogP contribution in [0.5, 0.6) is 0 Å². The minimum Gasteiger partial charge on any atom is -0.395 e. The van der Waals surface area contributed by atoms with E-state index in [-0.39, 0.29) is 0 Å². The van der Waals surface area contributed by atoms with Gasteiger partial charge in [0.1, 0.15) is 0 Å². The lowest BCUT2D eigenvalue weighted by Gasteiger charge is -2.41. The number of aliphatic hydroxyl groups excluding tert-OH is 1. The average molecular weight is 337 g/mol. The van der Waals surface area contributed by atoms with Gasteiger partial charge in [-0.15, -0.1) is 0 Å². The molecule has 0 aromatic heterocycles. The van der Waals surface area contributed by atoms with Crippen LogP contribution in [0.1, 0.15) is 78.1 Å². The van der Waals surface area contributed by atoms with Gasteiger partial charge in [-0.25, -0.2) is 0 Å². The van der Waals surface area contributed by atoms with Crippen molar-refractivity contribution in [1.82, 2.24) is 10.2 Å². The Kier molecular flexibility index (Phi) is 7.00. The van der Waals surface area contributed by atoms with E-state index in [1.54, 1.807) is 0 Å². The number of hydrogen-bond donors (Lipinski definition) is 2. The van der Waals surface area contributed by atoms with Crippen molar-refractivity contribution in [3.05, 3.63) is 0 Å². The van der Waals surface area contributed by atoms with Crippen LogP contribution in [-0.2, 0) is 0 Å². The molecular formula is C21H40N2O. The second kappa shape index (κ2) is 9.00. The van der Waals surface area contributed by atoms with Gasteiger partial charge in [0.2, 0.25) is 0 Å². The summed E-state index contributed by atoms with van der Waals surface area (Å²) in [7, 11) is 0. The van der Waals surface area contributed by atoms with Crippen molar-refractivity contribution in [2.24, 2.45) is 17.8 Å². The van der Waals surface area contributed by atoms with Crippen LogP contribution in [0.3, 0.4) is 0 Å². The fourth-order valence-corrected chi connectivity index (χ4v) is 5.75. The number of fused-ring (bicyclic) bond motifs is 1. The molecule has 5 unspecified atom stereocenters. The molecule has 3 aliphatic rings. The molecule has 2 saturated carbocycles. The molecular weight excluding hydrogens is 296 g/mol. The summed E-state index contributed by atoms with van der Waals surface area (Å²) in [4.78, 5) is 2.55. The van der Waals surface area contributed by atoms with Crippen LogP contribution >= 0.6 is 0 Å². The van der Waals surface area contributed by atoms with Crippen molar-refractivity contribution in [2.45, 2.75) is 96.2 Å². The molecule has 2 N–H and O–H groups in total. The third-order valence-electron chi connectivity index (χ3n) is 6.93. The first-order valence-electron chi connectivity index (χ1n) is 10.8. The first kappa shape index (κ1) is 18.7. The highest BCUT2D eigenvalue weighted by atomic mass is 16.3. The Morgan fingerprint density at radius 2 is 1.79 bits per heavy atom. The molecule has 0 aromatic carbocycles. The van der Waals surface area contributed by atoms with E-state index < -0.39 is 0 Å². The first-order valence-corrected chi connectivity index (χ1v) is 10.8. The van der Waals surface area contributed by atoms with Gasteiger partial charge in [0.15, 0.2) is 0 Å². The maximum Gasteiger partial charge on any atom is 0.0586 e. The van der Waals surface area contributed by atoms with Crippen molar-refractivity contribution in [3.63, 3.8) is 0 Å². The predicted molar refractivity (Wildman–Crippen MR) is 101 cm³/mol. The second-order valence-electron chi connectivity index (χ2n) is 9.28. The van der Waals surface area contributed by atoms with E-state index >= 15 is 0 Å². The Bertz CT molecular complexity index is 373. The Balaban J connectivity index is 1.53.